The second kappa shape index (κ2) is 6.87. The molecule has 7 nitrogen and oxygen atoms in total. The molecule has 1 aromatic heterocycles. The number of amides is 1. The molecule has 4 N–H and O–H groups in total. The molecule has 3 rings (SSSR count). The summed E-state index contributed by atoms with van der Waals surface area (Å²) in [6, 6.07) is 7.48. The zero-order chi connectivity index (χ0) is 16.2. The predicted octanol–water partition coefficient (Wildman–Crippen LogP) is 1.57. The number of anilines is 2. The van der Waals surface area contributed by atoms with E-state index in [0.717, 1.165) is 31.5 Å². The molecule has 2 aromatic rings. The standard InChI is InChI=1S/C15H19ClN6O/c16-12-3-1-10(2-4-12)9-18-13(23)11-5-7-22(8-6-11)15-19-14(17)20-21-15/h1-4,11H,5-9H2,(H,18,23)(H3,17,19,20,21). The molecular formula is C15H19ClN6O. The van der Waals surface area contributed by atoms with Crippen molar-refractivity contribution in [2.45, 2.75) is 19.4 Å². The summed E-state index contributed by atoms with van der Waals surface area (Å²) in [6.45, 7) is 2.04. The summed E-state index contributed by atoms with van der Waals surface area (Å²) in [5.41, 5.74) is 6.55. The fourth-order valence-corrected chi connectivity index (χ4v) is 2.82. The van der Waals surface area contributed by atoms with Gasteiger partial charge in [0.25, 0.3) is 0 Å². The highest BCUT2D eigenvalue weighted by Crippen LogP contribution is 2.21. The third kappa shape index (κ3) is 3.92. The number of nitrogen functional groups attached to an aromatic ring is 1. The van der Waals surface area contributed by atoms with E-state index in [9.17, 15) is 4.79 Å². The highest BCUT2D eigenvalue weighted by molar-refractivity contribution is 6.30. The normalized spacial score (nSPS) is 15.6. The molecule has 0 unspecified atom stereocenters. The van der Waals surface area contributed by atoms with Crippen LogP contribution in [0, 0.1) is 5.92 Å². The van der Waals surface area contributed by atoms with Crippen molar-refractivity contribution in [1.29, 1.82) is 0 Å². The molecule has 0 atom stereocenters. The fourth-order valence-electron chi connectivity index (χ4n) is 2.70. The number of hydrogen-bond acceptors (Lipinski definition) is 5. The van der Waals surface area contributed by atoms with Gasteiger partial charge in [-0.15, -0.1) is 5.10 Å². The number of benzene rings is 1. The monoisotopic (exact) mass is 334 g/mol. The van der Waals surface area contributed by atoms with Gasteiger partial charge in [-0.25, -0.2) is 5.10 Å². The number of aromatic amines is 1. The van der Waals surface area contributed by atoms with Crippen molar-refractivity contribution < 1.29 is 4.79 Å². The first-order chi connectivity index (χ1) is 11.1. The van der Waals surface area contributed by atoms with Crippen molar-refractivity contribution >= 4 is 29.4 Å². The quantitative estimate of drug-likeness (QED) is 0.788. The number of nitrogens with one attached hydrogen (secondary N) is 2. The largest absolute Gasteiger partial charge is 0.366 e. The summed E-state index contributed by atoms with van der Waals surface area (Å²) in [5, 5.41) is 10.3. The highest BCUT2D eigenvalue weighted by Gasteiger charge is 2.26. The van der Waals surface area contributed by atoms with Gasteiger partial charge in [-0.2, -0.15) is 4.98 Å². The molecule has 0 spiro atoms. The molecule has 1 fully saturated rings. The molecule has 0 radical (unpaired) electrons. The van der Waals surface area contributed by atoms with Crippen LogP contribution < -0.4 is 16.0 Å². The SMILES string of the molecule is Nc1n[nH]c(N2CCC(C(=O)NCc3ccc(Cl)cc3)CC2)n1. The van der Waals surface area contributed by atoms with Gasteiger partial charge in [0.15, 0.2) is 0 Å². The average Bonchev–Trinajstić information content (AvgIpc) is 3.01. The van der Waals surface area contributed by atoms with E-state index in [0.29, 0.717) is 17.5 Å². The molecular weight excluding hydrogens is 316 g/mol. The van der Waals surface area contributed by atoms with Gasteiger partial charge in [0, 0.05) is 30.6 Å². The number of aromatic nitrogens is 3. The summed E-state index contributed by atoms with van der Waals surface area (Å²) in [6.07, 6.45) is 1.57. The van der Waals surface area contributed by atoms with Crippen LogP contribution in [-0.2, 0) is 11.3 Å². The van der Waals surface area contributed by atoms with Crippen LogP contribution in [-0.4, -0.2) is 34.2 Å². The second-order valence-electron chi connectivity index (χ2n) is 5.62. The summed E-state index contributed by atoms with van der Waals surface area (Å²) < 4.78 is 0. The van der Waals surface area contributed by atoms with E-state index >= 15 is 0 Å². The van der Waals surface area contributed by atoms with Gasteiger partial charge in [0.2, 0.25) is 17.8 Å². The predicted molar refractivity (Wildman–Crippen MR) is 89.0 cm³/mol. The minimum Gasteiger partial charge on any atom is -0.366 e. The van der Waals surface area contributed by atoms with E-state index < -0.39 is 0 Å². The lowest BCUT2D eigenvalue weighted by molar-refractivity contribution is -0.125. The third-order valence-corrected chi connectivity index (χ3v) is 4.29. The molecule has 0 bridgehead atoms. The first-order valence-corrected chi connectivity index (χ1v) is 7.94. The number of piperidine rings is 1. The van der Waals surface area contributed by atoms with Crippen LogP contribution in [0.2, 0.25) is 5.02 Å². The van der Waals surface area contributed by atoms with Crippen LogP contribution in [0.3, 0.4) is 0 Å². The molecule has 0 saturated carbocycles. The van der Waals surface area contributed by atoms with Gasteiger partial charge in [-0.1, -0.05) is 23.7 Å². The average molecular weight is 335 g/mol. The molecule has 8 heteroatoms. The first-order valence-electron chi connectivity index (χ1n) is 7.57. The molecule has 2 heterocycles. The molecule has 122 valence electrons. The molecule has 23 heavy (non-hydrogen) atoms. The number of H-pyrrole nitrogens is 1. The Bertz CT molecular complexity index is 663. The zero-order valence-corrected chi connectivity index (χ0v) is 13.4. The van der Waals surface area contributed by atoms with Crippen LogP contribution >= 0.6 is 11.6 Å². The molecule has 1 aliphatic heterocycles. The van der Waals surface area contributed by atoms with E-state index in [-0.39, 0.29) is 17.8 Å². The Morgan fingerprint density at radius 3 is 2.65 bits per heavy atom. The van der Waals surface area contributed by atoms with Crippen LogP contribution in [0.15, 0.2) is 24.3 Å². The molecule has 1 amide bonds. The molecule has 1 aromatic carbocycles. The van der Waals surface area contributed by atoms with Gasteiger partial charge in [0.05, 0.1) is 0 Å². The second-order valence-corrected chi connectivity index (χ2v) is 6.06. The Morgan fingerprint density at radius 1 is 1.35 bits per heavy atom. The van der Waals surface area contributed by atoms with Crippen molar-refractivity contribution in [3.05, 3.63) is 34.9 Å². The van der Waals surface area contributed by atoms with E-state index in [1.54, 1.807) is 0 Å². The van der Waals surface area contributed by atoms with Crippen molar-refractivity contribution in [3.63, 3.8) is 0 Å². The van der Waals surface area contributed by atoms with Gasteiger partial charge in [-0.3, -0.25) is 4.79 Å². The Hall–Kier alpha value is -2.28. The lowest BCUT2D eigenvalue weighted by Gasteiger charge is -2.30. The molecule has 1 aliphatic rings. The van der Waals surface area contributed by atoms with E-state index in [1.165, 1.54) is 0 Å². The number of rotatable bonds is 4. The fraction of sp³-hybridized carbons (Fsp3) is 0.400. The zero-order valence-electron chi connectivity index (χ0n) is 12.6. The van der Waals surface area contributed by atoms with Crippen LogP contribution in [0.5, 0.6) is 0 Å². The Balaban J connectivity index is 1.47. The number of hydrogen-bond donors (Lipinski definition) is 3. The minimum atomic E-state index is 0.0267. The summed E-state index contributed by atoms with van der Waals surface area (Å²) >= 11 is 5.85. The van der Waals surface area contributed by atoms with Crippen LogP contribution in [0.25, 0.3) is 0 Å². The topological polar surface area (TPSA) is 99.9 Å². The van der Waals surface area contributed by atoms with Gasteiger partial charge >= 0.3 is 0 Å². The number of halogens is 1. The molecule has 1 saturated heterocycles. The number of nitrogens with two attached hydrogens (primary N) is 1. The van der Waals surface area contributed by atoms with E-state index in [2.05, 4.69) is 25.4 Å². The van der Waals surface area contributed by atoms with Crippen molar-refractivity contribution in [2.75, 3.05) is 23.7 Å². The lowest BCUT2D eigenvalue weighted by Crippen LogP contribution is -2.40. The maximum absolute atomic E-state index is 12.3. The van der Waals surface area contributed by atoms with Gasteiger partial charge < -0.3 is 16.0 Å². The van der Waals surface area contributed by atoms with Gasteiger partial charge in [-0.05, 0) is 30.5 Å². The van der Waals surface area contributed by atoms with Crippen molar-refractivity contribution in [1.82, 2.24) is 20.5 Å². The number of carbonyl (C=O) groups excluding carboxylic acids is 1. The Morgan fingerprint density at radius 2 is 2.04 bits per heavy atom. The third-order valence-electron chi connectivity index (χ3n) is 4.04. The van der Waals surface area contributed by atoms with Crippen molar-refractivity contribution in [2.24, 2.45) is 5.92 Å². The van der Waals surface area contributed by atoms with Crippen molar-refractivity contribution in [3.8, 4) is 0 Å². The summed E-state index contributed by atoms with van der Waals surface area (Å²) in [7, 11) is 0. The number of carbonyl (C=O) groups is 1. The van der Waals surface area contributed by atoms with Crippen LogP contribution in [0.4, 0.5) is 11.9 Å². The van der Waals surface area contributed by atoms with Crippen LogP contribution in [0.1, 0.15) is 18.4 Å². The lowest BCUT2D eigenvalue weighted by atomic mass is 9.96. The van der Waals surface area contributed by atoms with E-state index in [4.69, 9.17) is 17.3 Å². The highest BCUT2D eigenvalue weighted by atomic mass is 35.5. The Kier molecular flexibility index (Phi) is 4.66. The van der Waals surface area contributed by atoms with E-state index in [1.807, 2.05) is 24.3 Å². The number of nitrogens with zero attached hydrogens (tertiary/aromatic N) is 3. The summed E-state index contributed by atoms with van der Waals surface area (Å²) in [5.74, 6) is 1.03. The molecule has 0 aliphatic carbocycles. The summed E-state index contributed by atoms with van der Waals surface area (Å²) in [4.78, 5) is 18.4. The smallest absolute Gasteiger partial charge is 0.241 e. The maximum Gasteiger partial charge on any atom is 0.241 e. The minimum absolute atomic E-state index is 0.0267. The maximum atomic E-state index is 12.3. The Labute approximate surface area is 139 Å². The first kappa shape index (κ1) is 15.6. The van der Waals surface area contributed by atoms with Gasteiger partial charge in [0.1, 0.15) is 0 Å².